The van der Waals surface area contributed by atoms with Gasteiger partial charge in [0.15, 0.2) is 0 Å². The number of hydrogen-bond acceptors (Lipinski definition) is 3. The van der Waals surface area contributed by atoms with Crippen LogP contribution >= 0.6 is 0 Å². The van der Waals surface area contributed by atoms with Crippen LogP contribution in [0.5, 0.6) is 0 Å². The predicted octanol–water partition coefficient (Wildman–Crippen LogP) is 4.46. The number of alkyl halides is 3. The van der Waals surface area contributed by atoms with Gasteiger partial charge in [-0.05, 0) is 24.5 Å². The van der Waals surface area contributed by atoms with Crippen molar-refractivity contribution in [3.63, 3.8) is 0 Å². The van der Waals surface area contributed by atoms with Crippen molar-refractivity contribution in [2.24, 2.45) is 5.92 Å². The number of anilines is 1. The second-order valence-electron chi connectivity index (χ2n) is 4.89. The van der Waals surface area contributed by atoms with E-state index in [1.165, 1.54) is 6.07 Å². The first-order valence-corrected chi connectivity index (χ1v) is 6.29. The zero-order chi connectivity index (χ0) is 15.5. The Morgan fingerprint density at radius 3 is 2.35 bits per heavy atom. The van der Waals surface area contributed by atoms with Gasteiger partial charge in [0.25, 0.3) is 5.69 Å². The molecule has 0 aliphatic carbocycles. The molecule has 0 aromatic heterocycles. The van der Waals surface area contributed by atoms with Crippen LogP contribution in [0, 0.1) is 16.0 Å². The topological polar surface area (TPSA) is 55.2 Å². The van der Waals surface area contributed by atoms with E-state index in [0.717, 1.165) is 18.6 Å². The summed E-state index contributed by atoms with van der Waals surface area (Å²) in [4.78, 5) is 9.63. The number of hydrogen-bond donors (Lipinski definition) is 1. The molecule has 1 rings (SSSR count). The fourth-order valence-corrected chi connectivity index (χ4v) is 1.97. The normalized spacial score (nSPS) is 13.3. The molecule has 0 amide bonds. The first-order valence-electron chi connectivity index (χ1n) is 6.29. The molecular formula is C13H17F3N2O2. The Hall–Kier alpha value is -1.79. The Labute approximate surface area is 115 Å². The van der Waals surface area contributed by atoms with Crippen molar-refractivity contribution in [1.29, 1.82) is 0 Å². The maximum Gasteiger partial charge on any atom is 0.423 e. The van der Waals surface area contributed by atoms with E-state index in [2.05, 4.69) is 5.32 Å². The molecule has 1 atom stereocenters. The SMILES string of the molecule is CCC(Nc1ccc([N+](=O)[O-])c(C(F)(F)F)c1)C(C)C. The molecule has 1 N–H and O–H groups in total. The van der Waals surface area contributed by atoms with E-state index in [1.807, 2.05) is 20.8 Å². The maximum absolute atomic E-state index is 12.8. The quantitative estimate of drug-likeness (QED) is 0.643. The van der Waals surface area contributed by atoms with E-state index in [9.17, 15) is 23.3 Å². The highest BCUT2D eigenvalue weighted by atomic mass is 19.4. The summed E-state index contributed by atoms with van der Waals surface area (Å²) in [5, 5.41) is 13.6. The van der Waals surface area contributed by atoms with Crippen LogP contribution in [0.2, 0.25) is 0 Å². The molecule has 0 aliphatic rings. The van der Waals surface area contributed by atoms with Crippen LogP contribution in [-0.2, 0) is 6.18 Å². The van der Waals surface area contributed by atoms with E-state index < -0.39 is 22.4 Å². The highest BCUT2D eigenvalue weighted by molar-refractivity contribution is 5.55. The van der Waals surface area contributed by atoms with E-state index in [0.29, 0.717) is 0 Å². The van der Waals surface area contributed by atoms with Crippen molar-refractivity contribution < 1.29 is 18.1 Å². The van der Waals surface area contributed by atoms with Gasteiger partial charge in [0, 0.05) is 17.8 Å². The lowest BCUT2D eigenvalue weighted by Crippen LogP contribution is -2.24. The highest BCUT2D eigenvalue weighted by Crippen LogP contribution is 2.37. The fraction of sp³-hybridized carbons (Fsp3) is 0.538. The lowest BCUT2D eigenvalue weighted by Gasteiger charge is -2.22. The molecule has 0 bridgehead atoms. The first-order chi connectivity index (χ1) is 9.16. The Morgan fingerprint density at radius 1 is 1.35 bits per heavy atom. The zero-order valence-electron chi connectivity index (χ0n) is 11.5. The van der Waals surface area contributed by atoms with Gasteiger partial charge in [0.1, 0.15) is 5.56 Å². The minimum absolute atomic E-state index is 0.0116. The van der Waals surface area contributed by atoms with Gasteiger partial charge < -0.3 is 5.32 Å². The highest BCUT2D eigenvalue weighted by Gasteiger charge is 2.38. The smallest absolute Gasteiger partial charge is 0.382 e. The molecular weight excluding hydrogens is 273 g/mol. The summed E-state index contributed by atoms with van der Waals surface area (Å²) >= 11 is 0. The third-order valence-electron chi connectivity index (χ3n) is 3.10. The van der Waals surface area contributed by atoms with Crippen molar-refractivity contribution in [2.45, 2.75) is 39.4 Å². The molecule has 0 saturated heterocycles. The molecule has 0 aliphatic heterocycles. The van der Waals surface area contributed by atoms with Gasteiger partial charge in [0.2, 0.25) is 0 Å². The standard InChI is InChI=1S/C13H17F3N2O2/c1-4-11(8(2)3)17-9-5-6-12(18(19)20)10(7-9)13(14,15)16/h5-8,11,17H,4H2,1-3H3. The van der Waals surface area contributed by atoms with Crippen molar-refractivity contribution in [2.75, 3.05) is 5.32 Å². The summed E-state index contributed by atoms with van der Waals surface area (Å²) in [7, 11) is 0. The predicted molar refractivity (Wildman–Crippen MR) is 70.6 cm³/mol. The van der Waals surface area contributed by atoms with Crippen LogP contribution in [-0.4, -0.2) is 11.0 Å². The maximum atomic E-state index is 12.8. The minimum Gasteiger partial charge on any atom is -0.382 e. The van der Waals surface area contributed by atoms with Gasteiger partial charge in [-0.3, -0.25) is 10.1 Å². The molecule has 0 spiro atoms. The van der Waals surface area contributed by atoms with Gasteiger partial charge in [-0.15, -0.1) is 0 Å². The molecule has 20 heavy (non-hydrogen) atoms. The average molecular weight is 290 g/mol. The Morgan fingerprint density at radius 2 is 1.95 bits per heavy atom. The van der Waals surface area contributed by atoms with Crippen LogP contribution in [0.4, 0.5) is 24.5 Å². The van der Waals surface area contributed by atoms with Crippen LogP contribution < -0.4 is 5.32 Å². The number of rotatable bonds is 5. The average Bonchev–Trinajstić information content (AvgIpc) is 2.34. The van der Waals surface area contributed by atoms with Crippen molar-refractivity contribution >= 4 is 11.4 Å². The second kappa shape index (κ2) is 6.11. The summed E-state index contributed by atoms with van der Waals surface area (Å²) in [6, 6.07) is 3.00. The molecule has 1 aromatic rings. The molecule has 7 heteroatoms. The number of halogens is 3. The molecule has 0 fully saturated rings. The Bertz CT molecular complexity index is 487. The summed E-state index contributed by atoms with van der Waals surface area (Å²) in [6.07, 6.45) is -4.00. The van der Waals surface area contributed by atoms with Crippen LogP contribution in [0.1, 0.15) is 32.8 Å². The number of benzene rings is 1. The van der Waals surface area contributed by atoms with Gasteiger partial charge in [-0.1, -0.05) is 20.8 Å². The monoisotopic (exact) mass is 290 g/mol. The number of nitrogens with one attached hydrogen (secondary N) is 1. The van der Waals surface area contributed by atoms with Gasteiger partial charge >= 0.3 is 6.18 Å². The van der Waals surface area contributed by atoms with Gasteiger partial charge in [-0.25, -0.2) is 0 Å². The van der Waals surface area contributed by atoms with Crippen molar-refractivity contribution in [3.8, 4) is 0 Å². The lowest BCUT2D eigenvalue weighted by atomic mass is 10.0. The third kappa shape index (κ3) is 3.85. The van der Waals surface area contributed by atoms with E-state index >= 15 is 0 Å². The molecule has 4 nitrogen and oxygen atoms in total. The minimum atomic E-state index is -4.75. The third-order valence-corrected chi connectivity index (χ3v) is 3.10. The molecule has 1 aromatic carbocycles. The molecule has 112 valence electrons. The van der Waals surface area contributed by atoms with E-state index in [4.69, 9.17) is 0 Å². The molecule has 1 unspecified atom stereocenters. The summed E-state index contributed by atoms with van der Waals surface area (Å²) in [5.74, 6) is 0.240. The first kappa shape index (κ1) is 16.3. The van der Waals surface area contributed by atoms with Crippen LogP contribution in [0.15, 0.2) is 18.2 Å². The van der Waals surface area contributed by atoms with E-state index in [-0.39, 0.29) is 17.6 Å². The zero-order valence-corrected chi connectivity index (χ0v) is 11.5. The molecule has 0 heterocycles. The fourth-order valence-electron chi connectivity index (χ4n) is 1.97. The van der Waals surface area contributed by atoms with Gasteiger partial charge in [0.05, 0.1) is 4.92 Å². The van der Waals surface area contributed by atoms with Gasteiger partial charge in [-0.2, -0.15) is 13.2 Å². The molecule has 0 radical (unpaired) electrons. The summed E-state index contributed by atoms with van der Waals surface area (Å²) < 4.78 is 38.5. The number of nitro groups is 1. The number of nitrogens with zero attached hydrogens (tertiary/aromatic N) is 1. The van der Waals surface area contributed by atoms with Crippen LogP contribution in [0.25, 0.3) is 0 Å². The largest absolute Gasteiger partial charge is 0.423 e. The summed E-state index contributed by atoms with van der Waals surface area (Å²) in [5.41, 5.74) is -1.92. The van der Waals surface area contributed by atoms with Crippen molar-refractivity contribution in [3.05, 3.63) is 33.9 Å². The van der Waals surface area contributed by atoms with E-state index in [1.54, 1.807) is 0 Å². The lowest BCUT2D eigenvalue weighted by molar-refractivity contribution is -0.388. The molecule has 0 saturated carbocycles. The Kier molecular flexibility index (Phi) is 4.97. The van der Waals surface area contributed by atoms with Crippen LogP contribution in [0.3, 0.4) is 0 Å². The Balaban J connectivity index is 3.16. The summed E-state index contributed by atoms with van der Waals surface area (Å²) in [6.45, 7) is 5.84. The number of nitro benzene ring substituents is 1. The second-order valence-corrected chi connectivity index (χ2v) is 4.89. The van der Waals surface area contributed by atoms with Crippen molar-refractivity contribution in [1.82, 2.24) is 0 Å².